The molecule has 0 aromatic carbocycles. The molecule has 0 fully saturated rings. The molecule has 1 aromatic rings. The predicted octanol–water partition coefficient (Wildman–Crippen LogP) is 2.54. The van der Waals surface area contributed by atoms with Crippen LogP contribution in [0, 0.1) is 0 Å². The number of nitrogens with one attached hydrogen (secondary N) is 1. The number of thiazole rings is 1. The highest BCUT2D eigenvalue weighted by molar-refractivity contribution is 7.15. The standard InChI is InChI=1S/C10H16N2O3S/c1-6(13)7-5-11-8(16-7)12-9(14)15-10(2,3)4/h5-6,13H,1-4H3,(H,11,12,14). The monoisotopic (exact) mass is 244 g/mol. The van der Waals surface area contributed by atoms with Crippen molar-refractivity contribution in [1.82, 2.24) is 4.98 Å². The second-order valence-electron chi connectivity index (χ2n) is 4.37. The van der Waals surface area contributed by atoms with E-state index in [1.54, 1.807) is 27.7 Å². The van der Waals surface area contributed by atoms with Crippen LogP contribution in [0.15, 0.2) is 6.20 Å². The highest BCUT2D eigenvalue weighted by atomic mass is 32.1. The Labute approximate surface area is 98.5 Å². The van der Waals surface area contributed by atoms with Crippen LogP contribution in [0.4, 0.5) is 9.93 Å². The van der Waals surface area contributed by atoms with Gasteiger partial charge in [-0.05, 0) is 27.7 Å². The summed E-state index contributed by atoms with van der Waals surface area (Å²) in [6, 6.07) is 0. The number of aromatic nitrogens is 1. The number of carbonyl (C=O) groups excluding carboxylic acids is 1. The predicted molar refractivity (Wildman–Crippen MR) is 62.6 cm³/mol. The second-order valence-corrected chi connectivity index (χ2v) is 5.43. The summed E-state index contributed by atoms with van der Waals surface area (Å²) in [5.74, 6) is 0. The number of aliphatic hydroxyl groups is 1. The van der Waals surface area contributed by atoms with Gasteiger partial charge in [0.05, 0.1) is 11.0 Å². The van der Waals surface area contributed by atoms with E-state index in [9.17, 15) is 9.90 Å². The summed E-state index contributed by atoms with van der Waals surface area (Å²) in [6.45, 7) is 7.01. The molecule has 0 aliphatic carbocycles. The molecule has 1 atom stereocenters. The largest absolute Gasteiger partial charge is 0.444 e. The van der Waals surface area contributed by atoms with E-state index >= 15 is 0 Å². The van der Waals surface area contributed by atoms with Gasteiger partial charge in [0.25, 0.3) is 0 Å². The molecule has 16 heavy (non-hydrogen) atoms. The third kappa shape index (κ3) is 4.16. The van der Waals surface area contributed by atoms with E-state index in [0.29, 0.717) is 10.0 Å². The topological polar surface area (TPSA) is 71.5 Å². The zero-order chi connectivity index (χ0) is 12.3. The molecule has 1 rings (SSSR count). The maximum absolute atomic E-state index is 11.4. The van der Waals surface area contributed by atoms with Crippen molar-refractivity contribution in [2.75, 3.05) is 5.32 Å². The van der Waals surface area contributed by atoms with Gasteiger partial charge in [0.15, 0.2) is 5.13 Å². The zero-order valence-corrected chi connectivity index (χ0v) is 10.6. The maximum atomic E-state index is 11.4. The molecule has 1 aromatic heterocycles. The van der Waals surface area contributed by atoms with Gasteiger partial charge >= 0.3 is 6.09 Å². The Bertz CT molecular complexity index is 368. The summed E-state index contributed by atoms with van der Waals surface area (Å²) < 4.78 is 5.07. The Kier molecular flexibility index (Phi) is 3.88. The van der Waals surface area contributed by atoms with Gasteiger partial charge in [-0.25, -0.2) is 9.78 Å². The van der Waals surface area contributed by atoms with Crippen molar-refractivity contribution in [2.24, 2.45) is 0 Å². The van der Waals surface area contributed by atoms with E-state index in [1.807, 2.05) is 0 Å². The lowest BCUT2D eigenvalue weighted by Gasteiger charge is -2.18. The van der Waals surface area contributed by atoms with E-state index in [0.717, 1.165) is 0 Å². The molecule has 2 N–H and O–H groups in total. The molecule has 5 nitrogen and oxygen atoms in total. The fraction of sp³-hybridized carbons (Fsp3) is 0.600. The molecule has 0 bridgehead atoms. The molecule has 1 amide bonds. The Morgan fingerprint density at radius 2 is 2.25 bits per heavy atom. The van der Waals surface area contributed by atoms with Crippen molar-refractivity contribution >= 4 is 22.6 Å². The van der Waals surface area contributed by atoms with Crippen molar-refractivity contribution in [3.05, 3.63) is 11.1 Å². The number of amides is 1. The number of anilines is 1. The van der Waals surface area contributed by atoms with Gasteiger partial charge in [-0.15, -0.1) is 0 Å². The number of nitrogens with zero attached hydrogens (tertiary/aromatic N) is 1. The van der Waals surface area contributed by atoms with Crippen LogP contribution in [0.3, 0.4) is 0 Å². The first-order valence-corrected chi connectivity index (χ1v) is 5.73. The molecule has 0 spiro atoms. The molecule has 0 aliphatic rings. The minimum absolute atomic E-state index is 0.421. The first-order chi connectivity index (χ1) is 7.28. The highest BCUT2D eigenvalue weighted by Crippen LogP contribution is 2.24. The Hall–Kier alpha value is -1.14. The van der Waals surface area contributed by atoms with Gasteiger partial charge in [-0.2, -0.15) is 0 Å². The fourth-order valence-corrected chi connectivity index (χ4v) is 1.67. The molecule has 0 aliphatic heterocycles. The van der Waals surface area contributed by atoms with Gasteiger partial charge in [0.1, 0.15) is 5.60 Å². The molecule has 1 unspecified atom stereocenters. The molecule has 0 saturated heterocycles. The highest BCUT2D eigenvalue weighted by Gasteiger charge is 2.17. The normalized spacial score (nSPS) is 13.3. The van der Waals surface area contributed by atoms with Crippen molar-refractivity contribution < 1.29 is 14.6 Å². The zero-order valence-electron chi connectivity index (χ0n) is 9.77. The first-order valence-electron chi connectivity index (χ1n) is 4.92. The molecular formula is C10H16N2O3S. The van der Waals surface area contributed by atoms with Crippen LogP contribution in [-0.2, 0) is 4.74 Å². The third-order valence-corrected chi connectivity index (χ3v) is 2.63. The van der Waals surface area contributed by atoms with Crippen LogP contribution in [0.25, 0.3) is 0 Å². The molecule has 0 saturated carbocycles. The lowest BCUT2D eigenvalue weighted by atomic mass is 10.2. The van der Waals surface area contributed by atoms with Gasteiger partial charge in [-0.1, -0.05) is 11.3 Å². The van der Waals surface area contributed by atoms with Crippen molar-refractivity contribution in [3.63, 3.8) is 0 Å². The Morgan fingerprint density at radius 3 is 2.69 bits per heavy atom. The van der Waals surface area contributed by atoms with E-state index in [-0.39, 0.29) is 0 Å². The van der Waals surface area contributed by atoms with Crippen molar-refractivity contribution in [1.29, 1.82) is 0 Å². The Balaban J connectivity index is 2.57. The number of hydrogen-bond acceptors (Lipinski definition) is 5. The van der Waals surface area contributed by atoms with E-state index in [2.05, 4.69) is 10.3 Å². The molecular weight excluding hydrogens is 228 g/mol. The molecule has 90 valence electrons. The Morgan fingerprint density at radius 1 is 1.62 bits per heavy atom. The van der Waals surface area contributed by atoms with Crippen LogP contribution < -0.4 is 5.32 Å². The summed E-state index contributed by atoms with van der Waals surface area (Å²) in [6.07, 6.45) is 0.410. The third-order valence-electron chi connectivity index (χ3n) is 1.54. The number of aliphatic hydroxyl groups excluding tert-OH is 1. The van der Waals surface area contributed by atoms with E-state index < -0.39 is 17.8 Å². The average molecular weight is 244 g/mol. The van der Waals surface area contributed by atoms with E-state index in [4.69, 9.17) is 4.74 Å². The molecule has 1 heterocycles. The van der Waals surface area contributed by atoms with E-state index in [1.165, 1.54) is 17.5 Å². The number of carbonyl (C=O) groups is 1. The average Bonchev–Trinajstić information content (AvgIpc) is 2.48. The SMILES string of the molecule is CC(O)c1cnc(NC(=O)OC(C)(C)C)s1. The first kappa shape index (κ1) is 12.9. The van der Waals surface area contributed by atoms with Crippen molar-refractivity contribution in [2.45, 2.75) is 39.4 Å². The van der Waals surface area contributed by atoms with Gasteiger partial charge < -0.3 is 9.84 Å². The molecule has 0 radical (unpaired) electrons. The summed E-state index contributed by atoms with van der Waals surface area (Å²) in [5, 5.41) is 12.2. The van der Waals surface area contributed by atoms with Crippen LogP contribution in [0.5, 0.6) is 0 Å². The number of rotatable bonds is 2. The summed E-state index contributed by atoms with van der Waals surface area (Å²) in [4.78, 5) is 16.0. The smallest absolute Gasteiger partial charge is 0.413 e. The molecule has 6 heteroatoms. The van der Waals surface area contributed by atoms with Crippen LogP contribution in [0.1, 0.15) is 38.7 Å². The lowest BCUT2D eigenvalue weighted by molar-refractivity contribution is 0.0636. The fourth-order valence-electron chi connectivity index (χ4n) is 0.928. The number of ether oxygens (including phenoxy) is 1. The lowest BCUT2D eigenvalue weighted by Crippen LogP contribution is -2.27. The minimum Gasteiger partial charge on any atom is -0.444 e. The van der Waals surface area contributed by atoms with Crippen LogP contribution >= 0.6 is 11.3 Å². The van der Waals surface area contributed by atoms with Gasteiger partial charge in [0, 0.05) is 6.20 Å². The summed E-state index contributed by atoms with van der Waals surface area (Å²) in [7, 11) is 0. The second kappa shape index (κ2) is 4.80. The van der Waals surface area contributed by atoms with Crippen LogP contribution in [-0.4, -0.2) is 21.8 Å². The van der Waals surface area contributed by atoms with Crippen molar-refractivity contribution in [3.8, 4) is 0 Å². The summed E-state index contributed by atoms with van der Waals surface area (Å²) in [5.41, 5.74) is -0.533. The number of hydrogen-bond donors (Lipinski definition) is 2. The maximum Gasteiger partial charge on any atom is 0.413 e. The van der Waals surface area contributed by atoms with Gasteiger partial charge in [-0.3, -0.25) is 5.32 Å². The minimum atomic E-state index is -0.577. The summed E-state index contributed by atoms with van der Waals surface area (Å²) >= 11 is 1.22. The quantitative estimate of drug-likeness (QED) is 0.838. The van der Waals surface area contributed by atoms with Crippen LogP contribution in [0.2, 0.25) is 0 Å². The van der Waals surface area contributed by atoms with Gasteiger partial charge in [0.2, 0.25) is 0 Å².